The van der Waals surface area contributed by atoms with Crippen molar-refractivity contribution in [2.24, 2.45) is 5.10 Å². The number of carbonyl (C=O) groups excluding carboxylic acids is 2. The number of nitrogens with zero attached hydrogens (tertiary/aromatic N) is 1. The molecule has 2 amide bonds. The van der Waals surface area contributed by atoms with Crippen molar-refractivity contribution in [3.05, 3.63) is 60.1 Å². The maximum Gasteiger partial charge on any atom is 0.407 e. The molecule has 0 spiro atoms. The quantitative estimate of drug-likeness (QED) is 0.601. The molecule has 0 radical (unpaired) electrons. The summed E-state index contributed by atoms with van der Waals surface area (Å²) in [7, 11) is 0. The molecule has 2 N–H and O–H groups in total. The Morgan fingerprint density at radius 2 is 2.04 bits per heavy atom. The molecule has 0 aliphatic heterocycles. The third kappa shape index (κ3) is 5.60. The van der Waals surface area contributed by atoms with Crippen molar-refractivity contribution >= 4 is 18.2 Å². The number of ether oxygens (including phenoxy) is 1. The van der Waals surface area contributed by atoms with Crippen molar-refractivity contribution in [1.82, 2.24) is 10.7 Å². The van der Waals surface area contributed by atoms with E-state index in [0.717, 1.165) is 5.56 Å². The highest BCUT2D eigenvalue weighted by Gasteiger charge is 2.21. The van der Waals surface area contributed by atoms with Crippen LogP contribution in [0.15, 0.2) is 58.2 Å². The first-order chi connectivity index (χ1) is 11.7. The Hall–Kier alpha value is -3.09. The zero-order valence-electron chi connectivity index (χ0n) is 13.3. The zero-order chi connectivity index (χ0) is 17.2. The van der Waals surface area contributed by atoms with Crippen molar-refractivity contribution in [3.63, 3.8) is 0 Å². The SMILES string of the molecule is CCOC(=O)N[C@@H](Cc1ccccc1)C(=O)N/N=C\c1ccco1. The molecule has 0 unspecified atom stereocenters. The van der Waals surface area contributed by atoms with Gasteiger partial charge in [-0.2, -0.15) is 5.10 Å². The van der Waals surface area contributed by atoms with E-state index in [0.29, 0.717) is 12.2 Å². The number of hydrazone groups is 1. The molecule has 1 atom stereocenters. The Bertz CT molecular complexity index is 668. The molecule has 1 heterocycles. The minimum Gasteiger partial charge on any atom is -0.463 e. The van der Waals surface area contributed by atoms with Gasteiger partial charge in [-0.1, -0.05) is 30.3 Å². The number of nitrogens with one attached hydrogen (secondary N) is 2. The number of furan rings is 1. The lowest BCUT2D eigenvalue weighted by Crippen LogP contribution is -2.47. The molecule has 0 aliphatic carbocycles. The van der Waals surface area contributed by atoms with E-state index in [-0.39, 0.29) is 6.61 Å². The largest absolute Gasteiger partial charge is 0.463 e. The van der Waals surface area contributed by atoms with E-state index in [9.17, 15) is 9.59 Å². The summed E-state index contributed by atoms with van der Waals surface area (Å²) in [4.78, 5) is 23.9. The van der Waals surface area contributed by atoms with E-state index in [4.69, 9.17) is 9.15 Å². The van der Waals surface area contributed by atoms with E-state index in [1.807, 2.05) is 30.3 Å². The van der Waals surface area contributed by atoms with E-state index in [1.54, 1.807) is 19.1 Å². The van der Waals surface area contributed by atoms with E-state index < -0.39 is 18.0 Å². The van der Waals surface area contributed by atoms with Gasteiger partial charge in [-0.15, -0.1) is 0 Å². The lowest BCUT2D eigenvalue weighted by Gasteiger charge is -2.16. The number of rotatable bonds is 7. The van der Waals surface area contributed by atoms with Crippen LogP contribution in [-0.4, -0.2) is 30.9 Å². The van der Waals surface area contributed by atoms with Crippen LogP contribution in [0, 0.1) is 0 Å². The van der Waals surface area contributed by atoms with Gasteiger partial charge in [0.05, 0.1) is 19.1 Å². The monoisotopic (exact) mass is 329 g/mol. The van der Waals surface area contributed by atoms with E-state index in [1.165, 1.54) is 12.5 Å². The topological polar surface area (TPSA) is 92.9 Å². The average Bonchev–Trinajstić information content (AvgIpc) is 3.09. The van der Waals surface area contributed by atoms with Gasteiger partial charge in [0.25, 0.3) is 5.91 Å². The summed E-state index contributed by atoms with van der Waals surface area (Å²) in [6, 6.07) is 12.0. The van der Waals surface area contributed by atoms with Gasteiger partial charge in [-0.25, -0.2) is 10.2 Å². The first-order valence-corrected chi connectivity index (χ1v) is 7.52. The average molecular weight is 329 g/mol. The minimum atomic E-state index is -0.805. The molecule has 24 heavy (non-hydrogen) atoms. The summed E-state index contributed by atoms with van der Waals surface area (Å²) in [5.41, 5.74) is 3.30. The van der Waals surface area contributed by atoms with Crippen LogP contribution in [0.2, 0.25) is 0 Å². The normalized spacial score (nSPS) is 11.9. The summed E-state index contributed by atoms with van der Waals surface area (Å²) in [5, 5.41) is 6.36. The number of benzene rings is 1. The molecule has 0 saturated carbocycles. The molecular formula is C17H19N3O4. The van der Waals surface area contributed by atoms with Gasteiger partial charge in [0.2, 0.25) is 0 Å². The van der Waals surface area contributed by atoms with Gasteiger partial charge in [-0.3, -0.25) is 4.79 Å². The Labute approximate surface area is 139 Å². The standard InChI is InChI=1S/C17H19N3O4/c1-2-23-17(22)19-15(11-13-7-4-3-5-8-13)16(21)20-18-12-14-9-6-10-24-14/h3-10,12,15H,2,11H2,1H3,(H,19,22)(H,20,21)/b18-12-/t15-/m0/s1. The van der Waals surface area contributed by atoms with Crippen LogP contribution in [0.3, 0.4) is 0 Å². The summed E-state index contributed by atoms with van der Waals surface area (Å²) in [5.74, 6) is 0.0583. The summed E-state index contributed by atoms with van der Waals surface area (Å²) >= 11 is 0. The fraction of sp³-hybridized carbons (Fsp3) is 0.235. The fourth-order valence-corrected chi connectivity index (χ4v) is 1.98. The molecule has 7 nitrogen and oxygen atoms in total. The lowest BCUT2D eigenvalue weighted by molar-refractivity contribution is -0.123. The van der Waals surface area contributed by atoms with Gasteiger partial charge >= 0.3 is 6.09 Å². The van der Waals surface area contributed by atoms with Crippen LogP contribution >= 0.6 is 0 Å². The van der Waals surface area contributed by atoms with Crippen molar-refractivity contribution in [2.75, 3.05) is 6.61 Å². The predicted molar refractivity (Wildman–Crippen MR) is 88.5 cm³/mol. The second kappa shape index (κ2) is 9.14. The molecular weight excluding hydrogens is 310 g/mol. The second-order valence-corrected chi connectivity index (χ2v) is 4.86. The third-order valence-corrected chi connectivity index (χ3v) is 3.08. The molecule has 2 aromatic rings. The van der Waals surface area contributed by atoms with Gasteiger partial charge in [0.1, 0.15) is 11.8 Å². The number of hydrogen-bond donors (Lipinski definition) is 2. The van der Waals surface area contributed by atoms with Crippen LogP contribution in [0.25, 0.3) is 0 Å². The molecule has 1 aromatic heterocycles. The van der Waals surface area contributed by atoms with Crippen LogP contribution < -0.4 is 10.7 Å². The van der Waals surface area contributed by atoms with Crippen molar-refractivity contribution in [2.45, 2.75) is 19.4 Å². The minimum absolute atomic E-state index is 0.224. The molecule has 0 aliphatic rings. The Kier molecular flexibility index (Phi) is 6.58. The predicted octanol–water partition coefficient (Wildman–Crippen LogP) is 2.09. The van der Waals surface area contributed by atoms with Gasteiger partial charge in [0.15, 0.2) is 0 Å². The molecule has 1 aromatic carbocycles. The van der Waals surface area contributed by atoms with E-state index in [2.05, 4.69) is 15.8 Å². The number of carbonyl (C=O) groups is 2. The number of alkyl carbamates (subject to hydrolysis) is 1. The Morgan fingerprint density at radius 3 is 2.71 bits per heavy atom. The summed E-state index contributed by atoms with van der Waals surface area (Å²) in [6.45, 7) is 1.92. The second-order valence-electron chi connectivity index (χ2n) is 4.86. The van der Waals surface area contributed by atoms with Crippen molar-refractivity contribution in [1.29, 1.82) is 0 Å². The van der Waals surface area contributed by atoms with Crippen LogP contribution in [0.5, 0.6) is 0 Å². The molecule has 2 rings (SSSR count). The van der Waals surface area contributed by atoms with Crippen molar-refractivity contribution < 1.29 is 18.7 Å². The first-order valence-electron chi connectivity index (χ1n) is 7.52. The van der Waals surface area contributed by atoms with Crippen LogP contribution in [0.1, 0.15) is 18.2 Å². The first kappa shape index (κ1) is 17.3. The fourth-order valence-electron chi connectivity index (χ4n) is 1.98. The van der Waals surface area contributed by atoms with Crippen molar-refractivity contribution in [3.8, 4) is 0 Å². The maximum atomic E-state index is 12.3. The van der Waals surface area contributed by atoms with Gasteiger partial charge < -0.3 is 14.5 Å². The Morgan fingerprint density at radius 1 is 1.25 bits per heavy atom. The lowest BCUT2D eigenvalue weighted by atomic mass is 10.1. The smallest absolute Gasteiger partial charge is 0.407 e. The summed E-state index contributed by atoms with van der Waals surface area (Å²) in [6.07, 6.45) is 2.55. The molecule has 7 heteroatoms. The number of amides is 2. The highest BCUT2D eigenvalue weighted by molar-refractivity contribution is 5.87. The number of hydrogen-bond acceptors (Lipinski definition) is 5. The molecule has 0 fully saturated rings. The van der Waals surface area contributed by atoms with E-state index >= 15 is 0 Å². The molecule has 0 bridgehead atoms. The van der Waals surface area contributed by atoms with Crippen LogP contribution in [0.4, 0.5) is 4.79 Å². The summed E-state index contributed by atoms with van der Waals surface area (Å²) < 4.78 is 9.92. The highest BCUT2D eigenvalue weighted by atomic mass is 16.5. The van der Waals surface area contributed by atoms with Crippen LogP contribution in [-0.2, 0) is 16.0 Å². The third-order valence-electron chi connectivity index (χ3n) is 3.08. The molecule has 0 saturated heterocycles. The molecule has 126 valence electrons. The maximum absolute atomic E-state index is 12.3. The van der Waals surface area contributed by atoms with Gasteiger partial charge in [-0.05, 0) is 24.6 Å². The highest BCUT2D eigenvalue weighted by Crippen LogP contribution is 2.04. The zero-order valence-corrected chi connectivity index (χ0v) is 13.3. The van der Waals surface area contributed by atoms with Gasteiger partial charge in [0, 0.05) is 6.42 Å². The Balaban J connectivity index is 2.00.